The summed E-state index contributed by atoms with van der Waals surface area (Å²) in [5, 5.41) is 2.38. The van der Waals surface area contributed by atoms with Crippen LogP contribution in [0.2, 0.25) is 0 Å². The van der Waals surface area contributed by atoms with Crippen LogP contribution in [-0.4, -0.2) is 62.0 Å². The van der Waals surface area contributed by atoms with Crippen molar-refractivity contribution in [3.05, 3.63) is 28.8 Å². The molecule has 0 fully saturated rings. The van der Waals surface area contributed by atoms with Gasteiger partial charge in [0.25, 0.3) is 11.8 Å². The van der Waals surface area contributed by atoms with Gasteiger partial charge in [-0.15, -0.1) is 0 Å². The topological polar surface area (TPSA) is 176 Å². The van der Waals surface area contributed by atoms with Gasteiger partial charge < -0.3 is 31.0 Å². The first-order valence-corrected chi connectivity index (χ1v) is 10.0. The van der Waals surface area contributed by atoms with Gasteiger partial charge >= 0.3 is 5.97 Å². The van der Waals surface area contributed by atoms with Crippen molar-refractivity contribution < 1.29 is 33.4 Å². The number of nitrogens with two attached hydrogens (primary N) is 2. The van der Waals surface area contributed by atoms with E-state index in [0.717, 1.165) is 4.90 Å². The van der Waals surface area contributed by atoms with Crippen LogP contribution in [0.1, 0.15) is 27.1 Å². The fourth-order valence-corrected chi connectivity index (χ4v) is 3.36. The molecule has 0 spiro atoms. The van der Waals surface area contributed by atoms with E-state index in [0.29, 0.717) is 17.3 Å². The molecule has 2 rings (SSSR count). The highest BCUT2D eigenvalue weighted by Gasteiger charge is 2.29. The normalized spacial score (nSPS) is 10.2. The summed E-state index contributed by atoms with van der Waals surface area (Å²) < 4.78 is 19.1. The Morgan fingerprint density at radius 1 is 1.19 bits per heavy atom. The highest BCUT2D eigenvalue weighted by Crippen LogP contribution is 2.34. The van der Waals surface area contributed by atoms with Crippen molar-refractivity contribution in [1.82, 2.24) is 9.69 Å². The van der Waals surface area contributed by atoms with Gasteiger partial charge in [0.1, 0.15) is 29.5 Å². The van der Waals surface area contributed by atoms with Gasteiger partial charge in [-0.25, -0.2) is 0 Å². The summed E-state index contributed by atoms with van der Waals surface area (Å²) in [6, 6.07) is 4.61. The molecule has 1 heterocycles. The van der Waals surface area contributed by atoms with Gasteiger partial charge in [-0.05, 0) is 30.6 Å². The predicted octanol–water partition coefficient (Wildman–Crippen LogP) is 0.168. The van der Waals surface area contributed by atoms with Crippen LogP contribution in [0.25, 0.3) is 0 Å². The fourth-order valence-electron chi connectivity index (χ4n) is 2.61. The van der Waals surface area contributed by atoms with Crippen LogP contribution < -0.4 is 31.2 Å². The largest absolute Gasteiger partial charge is 0.497 e. The van der Waals surface area contributed by atoms with E-state index in [1.807, 2.05) is 0 Å². The molecule has 5 N–H and O–H groups in total. The summed E-state index contributed by atoms with van der Waals surface area (Å²) in [5.41, 5.74) is 10.9. The Labute approximate surface area is 187 Å². The summed E-state index contributed by atoms with van der Waals surface area (Å²) in [4.78, 5) is 49.8. The van der Waals surface area contributed by atoms with Crippen molar-refractivity contribution >= 4 is 46.6 Å². The summed E-state index contributed by atoms with van der Waals surface area (Å²) in [6.45, 7) is 0.929. The molecule has 13 heteroatoms. The van der Waals surface area contributed by atoms with Crippen molar-refractivity contribution in [3.63, 3.8) is 0 Å². The van der Waals surface area contributed by atoms with Gasteiger partial charge in [0, 0.05) is 6.07 Å². The third-order valence-corrected chi connectivity index (χ3v) is 4.97. The molecule has 3 amide bonds. The number of nitrogens with one attached hydrogen (secondary N) is 1. The van der Waals surface area contributed by atoms with Gasteiger partial charge in [-0.2, -0.15) is 4.37 Å². The monoisotopic (exact) mass is 465 g/mol. The van der Waals surface area contributed by atoms with E-state index >= 15 is 0 Å². The van der Waals surface area contributed by atoms with E-state index in [1.54, 1.807) is 13.0 Å². The van der Waals surface area contributed by atoms with Gasteiger partial charge in [-0.1, -0.05) is 0 Å². The standard InChI is InChI=1S/C19H23N5O7S/c1-4-31-14(26)8-22-13(25)9-24(11-6-5-10(29-2)7-12(11)30-3)19(28)17-15(20)16(18(21)27)23-32-17/h5-7H,4,8-9,20H2,1-3H3,(H2,21,27)(H,22,25). The number of anilines is 2. The van der Waals surface area contributed by atoms with Crippen LogP contribution in [0.15, 0.2) is 18.2 Å². The molecule has 0 atom stereocenters. The molecule has 12 nitrogen and oxygen atoms in total. The molecule has 1 aromatic carbocycles. The molecule has 172 valence electrons. The Kier molecular flexibility index (Phi) is 8.35. The molecule has 2 aromatic rings. The minimum atomic E-state index is -0.890. The SMILES string of the molecule is CCOC(=O)CNC(=O)CN(C(=O)c1snc(C(N)=O)c1N)c1ccc(OC)cc1OC. The number of hydrogen-bond donors (Lipinski definition) is 3. The van der Waals surface area contributed by atoms with Crippen molar-refractivity contribution in [2.24, 2.45) is 5.73 Å². The number of primary amides is 1. The number of esters is 1. The minimum Gasteiger partial charge on any atom is -0.497 e. The van der Waals surface area contributed by atoms with Crippen LogP contribution in [-0.2, 0) is 14.3 Å². The average molecular weight is 465 g/mol. The number of nitrogen functional groups attached to an aromatic ring is 1. The van der Waals surface area contributed by atoms with Crippen molar-refractivity contribution in [2.45, 2.75) is 6.92 Å². The molecule has 0 aliphatic rings. The Morgan fingerprint density at radius 2 is 1.91 bits per heavy atom. The number of rotatable bonds is 10. The predicted molar refractivity (Wildman–Crippen MR) is 116 cm³/mol. The van der Waals surface area contributed by atoms with Crippen LogP contribution in [0, 0.1) is 0 Å². The van der Waals surface area contributed by atoms with Crippen LogP contribution in [0.5, 0.6) is 11.5 Å². The molecular weight excluding hydrogens is 442 g/mol. The molecule has 0 aliphatic heterocycles. The maximum atomic E-state index is 13.3. The van der Waals surface area contributed by atoms with E-state index in [2.05, 4.69) is 9.69 Å². The van der Waals surface area contributed by atoms with Crippen LogP contribution in [0.3, 0.4) is 0 Å². The second-order valence-electron chi connectivity index (χ2n) is 6.15. The molecule has 0 radical (unpaired) electrons. The molecule has 1 aromatic heterocycles. The zero-order chi connectivity index (χ0) is 23.8. The minimum absolute atomic E-state index is 0.0881. The first-order valence-electron chi connectivity index (χ1n) is 9.24. The molecule has 0 saturated carbocycles. The van der Waals surface area contributed by atoms with E-state index < -0.39 is 30.2 Å². The number of benzene rings is 1. The molecule has 0 bridgehead atoms. The quantitative estimate of drug-likeness (QED) is 0.413. The van der Waals surface area contributed by atoms with E-state index in [4.69, 9.17) is 25.7 Å². The molecule has 32 heavy (non-hydrogen) atoms. The Balaban J connectivity index is 2.41. The zero-order valence-corrected chi connectivity index (χ0v) is 18.5. The zero-order valence-electron chi connectivity index (χ0n) is 17.7. The average Bonchev–Trinajstić information content (AvgIpc) is 3.17. The Bertz CT molecular complexity index is 1020. The van der Waals surface area contributed by atoms with Gasteiger partial charge in [-0.3, -0.25) is 24.1 Å². The lowest BCUT2D eigenvalue weighted by Gasteiger charge is -2.24. The first-order chi connectivity index (χ1) is 15.2. The number of hydrogen-bond acceptors (Lipinski definition) is 10. The smallest absolute Gasteiger partial charge is 0.325 e. The summed E-state index contributed by atoms with van der Waals surface area (Å²) in [5.74, 6) is -2.20. The van der Waals surface area contributed by atoms with E-state index in [1.165, 1.54) is 26.4 Å². The number of carbonyl (C=O) groups excluding carboxylic acids is 4. The summed E-state index contributed by atoms with van der Waals surface area (Å²) in [6.07, 6.45) is 0. The molecule has 0 aliphatic carbocycles. The van der Waals surface area contributed by atoms with Gasteiger partial charge in [0.15, 0.2) is 5.69 Å². The number of ether oxygens (including phenoxy) is 3. The number of amides is 3. The lowest BCUT2D eigenvalue weighted by Crippen LogP contribution is -2.42. The second kappa shape index (κ2) is 10.9. The Morgan fingerprint density at radius 3 is 2.47 bits per heavy atom. The molecule has 0 saturated heterocycles. The maximum Gasteiger partial charge on any atom is 0.325 e. The van der Waals surface area contributed by atoms with Crippen molar-refractivity contribution in [3.8, 4) is 11.5 Å². The summed E-state index contributed by atoms with van der Waals surface area (Å²) in [7, 11) is 2.84. The molecular formula is C19H23N5O7S. The number of carbonyl (C=O) groups is 4. The highest BCUT2D eigenvalue weighted by molar-refractivity contribution is 7.09. The van der Waals surface area contributed by atoms with Crippen molar-refractivity contribution in [1.29, 1.82) is 0 Å². The third-order valence-electron chi connectivity index (χ3n) is 4.12. The van der Waals surface area contributed by atoms with Crippen LogP contribution >= 0.6 is 11.5 Å². The number of aromatic nitrogens is 1. The molecule has 0 unspecified atom stereocenters. The second-order valence-corrected chi connectivity index (χ2v) is 6.92. The third kappa shape index (κ3) is 5.63. The lowest BCUT2D eigenvalue weighted by molar-refractivity contribution is -0.143. The fraction of sp³-hybridized carbons (Fsp3) is 0.316. The maximum absolute atomic E-state index is 13.3. The highest BCUT2D eigenvalue weighted by atomic mass is 32.1. The van der Waals surface area contributed by atoms with Gasteiger partial charge in [0.2, 0.25) is 5.91 Å². The summed E-state index contributed by atoms with van der Waals surface area (Å²) >= 11 is 0.670. The van der Waals surface area contributed by atoms with Crippen LogP contribution in [0.4, 0.5) is 11.4 Å². The van der Waals surface area contributed by atoms with Gasteiger partial charge in [0.05, 0.1) is 32.2 Å². The van der Waals surface area contributed by atoms with Crippen molar-refractivity contribution in [2.75, 3.05) is 44.5 Å². The number of nitrogens with zero attached hydrogens (tertiary/aromatic N) is 2. The Hall–Kier alpha value is -3.87. The lowest BCUT2D eigenvalue weighted by atomic mass is 10.2. The van der Waals surface area contributed by atoms with E-state index in [-0.39, 0.29) is 40.8 Å². The number of methoxy groups -OCH3 is 2. The first kappa shape index (κ1) is 24.4. The van der Waals surface area contributed by atoms with E-state index in [9.17, 15) is 19.2 Å².